The zero-order valence-electron chi connectivity index (χ0n) is 15.2. The van der Waals surface area contributed by atoms with Crippen LogP contribution < -0.4 is 10.9 Å². The molecule has 0 unspecified atom stereocenters. The van der Waals surface area contributed by atoms with Gasteiger partial charge in [-0.15, -0.1) is 0 Å². The van der Waals surface area contributed by atoms with Crippen molar-refractivity contribution in [2.45, 2.75) is 13.0 Å². The second-order valence-electron chi connectivity index (χ2n) is 6.86. The smallest absolute Gasteiger partial charge is 0.344 e. The number of fused-ring (bicyclic) bond motifs is 3. The summed E-state index contributed by atoms with van der Waals surface area (Å²) in [5.74, 6) is 0.140. The van der Waals surface area contributed by atoms with Gasteiger partial charge in [0.2, 0.25) is 0 Å². The van der Waals surface area contributed by atoms with Crippen molar-refractivity contribution in [1.29, 1.82) is 0 Å². The van der Waals surface area contributed by atoms with Crippen molar-refractivity contribution in [2.75, 3.05) is 39.4 Å². The average Bonchev–Trinajstić information content (AvgIpc) is 2.70. The summed E-state index contributed by atoms with van der Waals surface area (Å²) in [6.07, 6.45) is 1.01. The number of benzene rings is 2. The number of nitrogens with one attached hydrogen (secondary N) is 1. The predicted molar refractivity (Wildman–Crippen MR) is 105 cm³/mol. The topological polar surface area (TPSA) is 74.9 Å². The SMILES string of the molecule is O=c1oc2c(CNCCCN3CCOCC3)c(O)ccc2c2ccccc12. The van der Waals surface area contributed by atoms with E-state index in [1.54, 1.807) is 18.2 Å². The second-order valence-corrected chi connectivity index (χ2v) is 6.86. The molecule has 0 saturated carbocycles. The van der Waals surface area contributed by atoms with Crippen molar-refractivity contribution in [3.63, 3.8) is 0 Å². The van der Waals surface area contributed by atoms with Crippen LogP contribution in [-0.4, -0.2) is 49.4 Å². The average molecular weight is 368 g/mol. The first kappa shape index (κ1) is 18.0. The van der Waals surface area contributed by atoms with Gasteiger partial charge in [-0.1, -0.05) is 18.2 Å². The van der Waals surface area contributed by atoms with Gasteiger partial charge in [-0.25, -0.2) is 4.79 Å². The first-order valence-corrected chi connectivity index (χ1v) is 9.41. The van der Waals surface area contributed by atoms with Crippen molar-refractivity contribution in [2.24, 2.45) is 0 Å². The zero-order valence-corrected chi connectivity index (χ0v) is 15.2. The number of rotatable bonds is 6. The highest BCUT2D eigenvalue weighted by Gasteiger charge is 2.14. The summed E-state index contributed by atoms with van der Waals surface area (Å²) in [5, 5.41) is 15.9. The molecule has 6 nitrogen and oxygen atoms in total. The Kier molecular flexibility index (Phi) is 5.38. The van der Waals surface area contributed by atoms with Gasteiger partial charge in [0.25, 0.3) is 0 Å². The lowest BCUT2D eigenvalue weighted by Crippen LogP contribution is -2.37. The molecule has 0 atom stereocenters. The van der Waals surface area contributed by atoms with E-state index < -0.39 is 0 Å². The monoisotopic (exact) mass is 368 g/mol. The second kappa shape index (κ2) is 8.08. The Balaban J connectivity index is 1.49. The zero-order chi connectivity index (χ0) is 18.6. The summed E-state index contributed by atoms with van der Waals surface area (Å²) in [4.78, 5) is 14.7. The lowest BCUT2D eigenvalue weighted by Gasteiger charge is -2.26. The number of nitrogens with zero attached hydrogens (tertiary/aromatic N) is 1. The maximum Gasteiger partial charge on any atom is 0.344 e. The van der Waals surface area contributed by atoms with Gasteiger partial charge in [0.1, 0.15) is 11.3 Å². The molecule has 142 valence electrons. The van der Waals surface area contributed by atoms with E-state index in [1.165, 1.54) is 0 Å². The third-order valence-electron chi connectivity index (χ3n) is 5.10. The predicted octanol–water partition coefficient (Wildman–Crippen LogP) is 2.46. The standard InChI is InChI=1S/C21H24N2O4/c24-19-7-6-16-15-4-1-2-5-17(15)21(25)27-20(16)18(19)14-22-8-3-9-23-10-12-26-13-11-23/h1-2,4-7,22,24H,3,8-14H2. The van der Waals surface area contributed by atoms with Gasteiger partial charge in [-0.3, -0.25) is 4.90 Å². The molecule has 1 aromatic heterocycles. The summed E-state index contributed by atoms with van der Waals surface area (Å²) in [6, 6.07) is 10.9. The van der Waals surface area contributed by atoms with E-state index in [4.69, 9.17) is 9.15 Å². The summed E-state index contributed by atoms with van der Waals surface area (Å²) >= 11 is 0. The number of phenols is 1. The first-order valence-electron chi connectivity index (χ1n) is 9.41. The molecule has 1 aliphatic heterocycles. The third-order valence-corrected chi connectivity index (χ3v) is 5.10. The molecule has 0 bridgehead atoms. The van der Waals surface area contributed by atoms with Crippen LogP contribution in [0.25, 0.3) is 21.7 Å². The van der Waals surface area contributed by atoms with Crippen LogP contribution in [0.5, 0.6) is 5.75 Å². The molecule has 0 radical (unpaired) electrons. The van der Waals surface area contributed by atoms with Crippen LogP contribution in [0.2, 0.25) is 0 Å². The van der Waals surface area contributed by atoms with Gasteiger partial charge in [0, 0.05) is 25.0 Å². The van der Waals surface area contributed by atoms with Crippen LogP contribution in [-0.2, 0) is 11.3 Å². The summed E-state index contributed by atoms with van der Waals surface area (Å²) in [5.41, 5.74) is 0.707. The summed E-state index contributed by atoms with van der Waals surface area (Å²) < 4.78 is 10.9. The van der Waals surface area contributed by atoms with Gasteiger partial charge in [-0.05, 0) is 43.1 Å². The van der Waals surface area contributed by atoms with Gasteiger partial charge >= 0.3 is 5.63 Å². The lowest BCUT2D eigenvalue weighted by atomic mass is 10.0. The minimum Gasteiger partial charge on any atom is -0.507 e. The maximum absolute atomic E-state index is 12.3. The number of phenolic OH excluding ortho intramolecular Hbond substituents is 1. The lowest BCUT2D eigenvalue weighted by molar-refractivity contribution is 0.0374. The Labute approximate surface area is 157 Å². The van der Waals surface area contributed by atoms with Crippen molar-refractivity contribution < 1.29 is 14.3 Å². The van der Waals surface area contributed by atoms with Gasteiger partial charge < -0.3 is 19.6 Å². The van der Waals surface area contributed by atoms with Gasteiger partial charge in [0.05, 0.1) is 24.2 Å². The van der Waals surface area contributed by atoms with Crippen LogP contribution in [0, 0.1) is 0 Å². The Morgan fingerprint density at radius 2 is 1.81 bits per heavy atom. The van der Waals surface area contributed by atoms with E-state index in [2.05, 4.69) is 10.2 Å². The number of ether oxygens (including phenoxy) is 1. The third kappa shape index (κ3) is 3.83. The minimum atomic E-state index is -0.378. The molecule has 2 heterocycles. The first-order chi connectivity index (χ1) is 13.2. The van der Waals surface area contributed by atoms with Crippen LogP contribution in [0.1, 0.15) is 12.0 Å². The summed E-state index contributed by atoms with van der Waals surface area (Å²) in [7, 11) is 0. The van der Waals surface area contributed by atoms with Crippen LogP contribution in [0.4, 0.5) is 0 Å². The molecule has 0 spiro atoms. The molecule has 2 N–H and O–H groups in total. The molecule has 1 fully saturated rings. The largest absolute Gasteiger partial charge is 0.507 e. The molecule has 2 aromatic carbocycles. The molecule has 27 heavy (non-hydrogen) atoms. The quantitative estimate of drug-likeness (QED) is 0.396. The van der Waals surface area contributed by atoms with Gasteiger partial charge in [-0.2, -0.15) is 0 Å². The molecule has 0 aliphatic carbocycles. The maximum atomic E-state index is 12.3. The molecular formula is C21H24N2O4. The van der Waals surface area contributed by atoms with E-state index in [0.29, 0.717) is 23.1 Å². The molecule has 4 rings (SSSR count). The van der Waals surface area contributed by atoms with E-state index in [9.17, 15) is 9.90 Å². The number of hydrogen-bond donors (Lipinski definition) is 2. The molecule has 1 aliphatic rings. The highest BCUT2D eigenvalue weighted by Crippen LogP contribution is 2.30. The van der Waals surface area contributed by atoms with Crippen molar-refractivity contribution in [3.05, 3.63) is 52.4 Å². The number of aromatic hydroxyl groups is 1. The normalized spacial score (nSPS) is 15.6. The van der Waals surface area contributed by atoms with Crippen LogP contribution in [0.3, 0.4) is 0 Å². The van der Waals surface area contributed by atoms with E-state index in [-0.39, 0.29) is 11.4 Å². The highest BCUT2D eigenvalue weighted by molar-refractivity contribution is 6.05. The summed E-state index contributed by atoms with van der Waals surface area (Å²) in [6.45, 7) is 5.90. The van der Waals surface area contributed by atoms with Crippen molar-refractivity contribution in [1.82, 2.24) is 10.2 Å². The Bertz CT molecular complexity index is 993. The molecule has 3 aromatic rings. The number of hydrogen-bond acceptors (Lipinski definition) is 6. The molecule has 0 amide bonds. The Hall–Kier alpha value is -2.41. The molecular weight excluding hydrogens is 344 g/mol. The highest BCUT2D eigenvalue weighted by atomic mass is 16.5. The van der Waals surface area contributed by atoms with E-state index in [1.807, 2.05) is 18.2 Å². The van der Waals surface area contributed by atoms with E-state index in [0.717, 1.165) is 56.6 Å². The van der Waals surface area contributed by atoms with Crippen molar-refractivity contribution in [3.8, 4) is 5.75 Å². The Morgan fingerprint density at radius 3 is 2.63 bits per heavy atom. The van der Waals surface area contributed by atoms with Crippen LogP contribution in [0.15, 0.2) is 45.6 Å². The van der Waals surface area contributed by atoms with E-state index >= 15 is 0 Å². The minimum absolute atomic E-state index is 0.140. The fourth-order valence-electron chi connectivity index (χ4n) is 3.63. The molecule has 6 heteroatoms. The fraction of sp³-hybridized carbons (Fsp3) is 0.381. The number of morpholine rings is 1. The Morgan fingerprint density at radius 1 is 1.04 bits per heavy atom. The fourth-order valence-corrected chi connectivity index (χ4v) is 3.63. The van der Waals surface area contributed by atoms with Gasteiger partial charge in [0.15, 0.2) is 0 Å². The van der Waals surface area contributed by atoms with Crippen LogP contribution >= 0.6 is 0 Å². The van der Waals surface area contributed by atoms with Crippen molar-refractivity contribution >= 4 is 21.7 Å². The molecule has 1 saturated heterocycles.